The topological polar surface area (TPSA) is 75.5 Å². The van der Waals surface area contributed by atoms with Crippen LogP contribution >= 0.6 is 0 Å². The number of carbonyl (C=O) groups is 1. The van der Waals surface area contributed by atoms with Crippen molar-refractivity contribution in [2.24, 2.45) is 5.92 Å². The molecule has 0 aliphatic heterocycles. The molecule has 0 bridgehead atoms. The molecule has 0 saturated carbocycles. The normalized spacial score (nSPS) is 12.2. The van der Waals surface area contributed by atoms with Crippen LogP contribution in [0.4, 0.5) is 10.5 Å². The van der Waals surface area contributed by atoms with Crippen molar-refractivity contribution in [2.75, 3.05) is 19.0 Å². The van der Waals surface area contributed by atoms with Crippen molar-refractivity contribution >= 4 is 22.6 Å². The minimum absolute atomic E-state index is 0.116. The maximum atomic E-state index is 12.2. The molecule has 0 aliphatic carbocycles. The SMILES string of the molecule is COc1ccc(C(O)CNC(=O)Nc2ccc3c(ccn3CC(C)C)c2)cc1. The van der Waals surface area contributed by atoms with Crippen LogP contribution in [0, 0.1) is 5.92 Å². The molecular formula is C22H27N3O3. The van der Waals surface area contributed by atoms with Crippen LogP contribution in [-0.2, 0) is 6.54 Å². The van der Waals surface area contributed by atoms with Crippen molar-refractivity contribution in [1.29, 1.82) is 0 Å². The summed E-state index contributed by atoms with van der Waals surface area (Å²) in [6.07, 6.45) is 1.28. The zero-order chi connectivity index (χ0) is 20.1. The van der Waals surface area contributed by atoms with Crippen LogP contribution in [0.25, 0.3) is 10.9 Å². The number of hydrogen-bond acceptors (Lipinski definition) is 3. The van der Waals surface area contributed by atoms with E-state index in [1.807, 2.05) is 24.3 Å². The molecule has 2 amide bonds. The first-order chi connectivity index (χ1) is 13.5. The molecule has 0 fully saturated rings. The number of hydrogen-bond donors (Lipinski definition) is 3. The van der Waals surface area contributed by atoms with Crippen LogP contribution in [0.2, 0.25) is 0 Å². The van der Waals surface area contributed by atoms with E-state index in [0.717, 1.165) is 23.2 Å². The maximum Gasteiger partial charge on any atom is 0.319 e. The highest BCUT2D eigenvalue weighted by Crippen LogP contribution is 2.22. The van der Waals surface area contributed by atoms with Crippen molar-refractivity contribution in [3.05, 3.63) is 60.3 Å². The van der Waals surface area contributed by atoms with Crippen LogP contribution in [-0.4, -0.2) is 29.4 Å². The first-order valence-corrected chi connectivity index (χ1v) is 9.42. The third kappa shape index (κ3) is 4.84. The van der Waals surface area contributed by atoms with E-state index < -0.39 is 6.10 Å². The minimum atomic E-state index is -0.788. The lowest BCUT2D eigenvalue weighted by atomic mass is 10.1. The summed E-state index contributed by atoms with van der Waals surface area (Å²) in [6, 6.07) is 14.7. The van der Waals surface area contributed by atoms with Crippen LogP contribution in [0.3, 0.4) is 0 Å². The first kappa shape index (κ1) is 19.8. The molecule has 1 atom stereocenters. The summed E-state index contributed by atoms with van der Waals surface area (Å²) in [5, 5.41) is 16.8. The van der Waals surface area contributed by atoms with Gasteiger partial charge in [-0.1, -0.05) is 26.0 Å². The minimum Gasteiger partial charge on any atom is -0.497 e. The fourth-order valence-electron chi connectivity index (χ4n) is 3.14. The van der Waals surface area contributed by atoms with Crippen molar-refractivity contribution in [2.45, 2.75) is 26.5 Å². The number of nitrogens with zero attached hydrogens (tertiary/aromatic N) is 1. The van der Waals surface area contributed by atoms with Gasteiger partial charge in [0.2, 0.25) is 0 Å². The lowest BCUT2D eigenvalue weighted by Crippen LogP contribution is -2.32. The van der Waals surface area contributed by atoms with Gasteiger partial charge in [0.1, 0.15) is 5.75 Å². The smallest absolute Gasteiger partial charge is 0.319 e. The number of aromatic nitrogens is 1. The van der Waals surface area contributed by atoms with E-state index in [4.69, 9.17) is 4.74 Å². The number of methoxy groups -OCH3 is 1. The zero-order valence-electron chi connectivity index (χ0n) is 16.5. The predicted molar refractivity (Wildman–Crippen MR) is 112 cm³/mol. The summed E-state index contributed by atoms with van der Waals surface area (Å²) in [7, 11) is 1.59. The van der Waals surface area contributed by atoms with E-state index >= 15 is 0 Å². The summed E-state index contributed by atoms with van der Waals surface area (Å²) in [4.78, 5) is 12.2. The summed E-state index contributed by atoms with van der Waals surface area (Å²) in [6.45, 7) is 5.45. The summed E-state index contributed by atoms with van der Waals surface area (Å²) in [5.41, 5.74) is 2.58. The van der Waals surface area contributed by atoms with Gasteiger partial charge in [0, 0.05) is 35.9 Å². The summed E-state index contributed by atoms with van der Waals surface area (Å²) in [5.74, 6) is 1.29. The number of amides is 2. The van der Waals surface area contributed by atoms with Gasteiger partial charge in [0.05, 0.1) is 13.2 Å². The molecule has 6 heteroatoms. The lowest BCUT2D eigenvalue weighted by Gasteiger charge is -2.14. The molecule has 3 rings (SSSR count). The van der Waals surface area contributed by atoms with Crippen LogP contribution in [0.1, 0.15) is 25.5 Å². The fourth-order valence-corrected chi connectivity index (χ4v) is 3.14. The number of rotatable bonds is 7. The Morgan fingerprint density at radius 3 is 2.57 bits per heavy atom. The van der Waals surface area contributed by atoms with Crippen molar-refractivity contribution < 1.29 is 14.6 Å². The van der Waals surface area contributed by atoms with E-state index in [0.29, 0.717) is 17.2 Å². The Labute approximate surface area is 165 Å². The summed E-state index contributed by atoms with van der Waals surface area (Å²) < 4.78 is 7.32. The van der Waals surface area contributed by atoms with E-state index in [1.54, 1.807) is 31.4 Å². The number of fused-ring (bicyclic) bond motifs is 1. The molecule has 1 heterocycles. The second-order valence-corrected chi connectivity index (χ2v) is 7.26. The highest BCUT2D eigenvalue weighted by molar-refractivity contribution is 5.93. The number of urea groups is 1. The van der Waals surface area contributed by atoms with Gasteiger partial charge in [-0.05, 0) is 47.9 Å². The molecule has 0 saturated heterocycles. The summed E-state index contributed by atoms with van der Waals surface area (Å²) >= 11 is 0. The Kier molecular flexibility index (Phi) is 6.21. The van der Waals surface area contributed by atoms with Crippen LogP contribution < -0.4 is 15.4 Å². The van der Waals surface area contributed by atoms with Gasteiger partial charge >= 0.3 is 6.03 Å². The van der Waals surface area contributed by atoms with Gasteiger partial charge in [-0.15, -0.1) is 0 Å². The number of ether oxygens (including phenoxy) is 1. The molecular weight excluding hydrogens is 354 g/mol. The number of aliphatic hydroxyl groups excluding tert-OH is 1. The first-order valence-electron chi connectivity index (χ1n) is 9.42. The molecule has 0 spiro atoms. The fraction of sp³-hybridized carbons (Fsp3) is 0.318. The molecule has 6 nitrogen and oxygen atoms in total. The van der Waals surface area contributed by atoms with Gasteiger partial charge in [0.15, 0.2) is 0 Å². The van der Waals surface area contributed by atoms with Crippen LogP contribution in [0.15, 0.2) is 54.7 Å². The highest BCUT2D eigenvalue weighted by Gasteiger charge is 2.11. The largest absolute Gasteiger partial charge is 0.497 e. The molecule has 148 valence electrons. The van der Waals surface area contributed by atoms with Gasteiger partial charge < -0.3 is 25.0 Å². The Balaban J connectivity index is 1.56. The van der Waals surface area contributed by atoms with E-state index in [-0.39, 0.29) is 12.6 Å². The Bertz CT molecular complexity index is 932. The molecule has 1 unspecified atom stereocenters. The Hall–Kier alpha value is -2.99. The van der Waals surface area contributed by atoms with Crippen LogP contribution in [0.5, 0.6) is 5.75 Å². The molecule has 3 N–H and O–H groups in total. The molecule has 3 aromatic rings. The van der Waals surface area contributed by atoms with Gasteiger partial charge in [-0.2, -0.15) is 0 Å². The molecule has 2 aromatic carbocycles. The molecule has 1 aromatic heterocycles. The van der Waals surface area contributed by atoms with Crippen molar-refractivity contribution in [3.8, 4) is 5.75 Å². The van der Waals surface area contributed by atoms with Crippen molar-refractivity contribution in [1.82, 2.24) is 9.88 Å². The lowest BCUT2D eigenvalue weighted by molar-refractivity contribution is 0.175. The quantitative estimate of drug-likeness (QED) is 0.575. The Morgan fingerprint density at radius 1 is 1.14 bits per heavy atom. The van der Waals surface area contributed by atoms with Gasteiger partial charge in [-0.25, -0.2) is 4.79 Å². The predicted octanol–water partition coefficient (Wildman–Crippen LogP) is 4.16. The standard InChI is InChI=1S/C22H27N3O3/c1-15(2)14-25-11-10-17-12-18(6-9-20(17)25)24-22(27)23-13-21(26)16-4-7-19(28-3)8-5-16/h4-12,15,21,26H,13-14H2,1-3H3,(H2,23,24,27). The number of aliphatic hydroxyl groups is 1. The zero-order valence-corrected chi connectivity index (χ0v) is 16.5. The van der Waals surface area contributed by atoms with Gasteiger partial charge in [-0.3, -0.25) is 0 Å². The Morgan fingerprint density at radius 2 is 1.89 bits per heavy atom. The monoisotopic (exact) mass is 381 g/mol. The maximum absolute atomic E-state index is 12.2. The number of nitrogens with one attached hydrogen (secondary N) is 2. The number of carbonyl (C=O) groups excluding carboxylic acids is 1. The molecule has 28 heavy (non-hydrogen) atoms. The third-order valence-electron chi connectivity index (χ3n) is 4.55. The van der Waals surface area contributed by atoms with E-state index in [9.17, 15) is 9.90 Å². The third-order valence-corrected chi connectivity index (χ3v) is 4.55. The van der Waals surface area contributed by atoms with E-state index in [1.165, 1.54) is 0 Å². The van der Waals surface area contributed by atoms with Crippen molar-refractivity contribution in [3.63, 3.8) is 0 Å². The van der Waals surface area contributed by atoms with Gasteiger partial charge in [0.25, 0.3) is 0 Å². The highest BCUT2D eigenvalue weighted by atomic mass is 16.5. The molecule has 0 radical (unpaired) electrons. The second kappa shape index (κ2) is 8.80. The second-order valence-electron chi connectivity index (χ2n) is 7.26. The number of benzene rings is 2. The average Bonchev–Trinajstić information content (AvgIpc) is 3.07. The number of anilines is 1. The average molecular weight is 381 g/mol. The van der Waals surface area contributed by atoms with E-state index in [2.05, 4.69) is 35.2 Å². The molecule has 0 aliphatic rings.